The molecule has 0 N–H and O–H groups in total. The lowest BCUT2D eigenvalue weighted by Crippen LogP contribution is -2.08. The van der Waals surface area contributed by atoms with Crippen LogP contribution < -0.4 is 0 Å². The van der Waals surface area contributed by atoms with Crippen LogP contribution in [0, 0.1) is 17.8 Å². The van der Waals surface area contributed by atoms with E-state index in [0.29, 0.717) is 12.5 Å². The Bertz CT molecular complexity index is 245. The van der Waals surface area contributed by atoms with Gasteiger partial charge in [0.25, 0.3) is 0 Å². The number of fused-ring (bicyclic) bond motifs is 2. The number of carbonyl (C=O) groups is 1. The average Bonchev–Trinajstić information content (AvgIpc) is 2.76. The summed E-state index contributed by atoms with van der Waals surface area (Å²) in [5.41, 5.74) is 0. The van der Waals surface area contributed by atoms with Gasteiger partial charge in [-0.25, -0.2) is 4.79 Å². The first-order chi connectivity index (χ1) is 6.79. The zero-order valence-corrected chi connectivity index (χ0v) is 8.74. The fourth-order valence-corrected chi connectivity index (χ4v) is 2.92. The first kappa shape index (κ1) is 9.75. The third kappa shape index (κ3) is 1.99. The minimum atomic E-state index is -0.185. The molecule has 0 aromatic heterocycles. The molecule has 3 atom stereocenters. The molecule has 2 aliphatic carbocycles. The first-order valence-corrected chi connectivity index (χ1v) is 5.64. The summed E-state index contributed by atoms with van der Waals surface area (Å²) in [6.45, 7) is 2.31. The van der Waals surface area contributed by atoms with Crippen molar-refractivity contribution in [3.63, 3.8) is 0 Å². The van der Waals surface area contributed by atoms with Gasteiger partial charge in [-0.05, 0) is 43.9 Å². The highest BCUT2D eigenvalue weighted by Gasteiger charge is 2.37. The molecule has 0 spiro atoms. The molecular weight excluding hydrogens is 176 g/mol. The Morgan fingerprint density at radius 1 is 1.43 bits per heavy atom. The van der Waals surface area contributed by atoms with Gasteiger partial charge in [0.15, 0.2) is 0 Å². The van der Waals surface area contributed by atoms with Crippen LogP contribution in [-0.2, 0) is 9.53 Å². The van der Waals surface area contributed by atoms with Gasteiger partial charge < -0.3 is 4.74 Å². The van der Waals surface area contributed by atoms with Gasteiger partial charge in [0, 0.05) is 6.08 Å². The van der Waals surface area contributed by atoms with Crippen LogP contribution >= 0.6 is 0 Å². The molecule has 2 nitrogen and oxygen atoms in total. The maximum Gasteiger partial charge on any atom is 0.330 e. The van der Waals surface area contributed by atoms with Crippen molar-refractivity contribution in [3.8, 4) is 0 Å². The Morgan fingerprint density at radius 2 is 2.29 bits per heavy atom. The van der Waals surface area contributed by atoms with E-state index in [0.717, 1.165) is 11.8 Å². The fraction of sp³-hybridized carbons (Fsp3) is 0.750. The molecule has 2 saturated carbocycles. The summed E-state index contributed by atoms with van der Waals surface area (Å²) in [6, 6.07) is 0. The number of hydrogen-bond donors (Lipinski definition) is 0. The third-order valence-electron chi connectivity index (χ3n) is 3.56. The summed E-state index contributed by atoms with van der Waals surface area (Å²) in [5.74, 6) is 2.26. The van der Waals surface area contributed by atoms with Crippen molar-refractivity contribution >= 4 is 5.97 Å². The highest BCUT2D eigenvalue weighted by molar-refractivity contribution is 5.81. The maximum absolute atomic E-state index is 11.1. The summed E-state index contributed by atoms with van der Waals surface area (Å²) >= 11 is 0. The van der Waals surface area contributed by atoms with E-state index in [1.54, 1.807) is 6.08 Å². The molecule has 0 heterocycles. The van der Waals surface area contributed by atoms with E-state index in [1.165, 1.54) is 25.7 Å². The van der Waals surface area contributed by atoms with Crippen molar-refractivity contribution in [2.75, 3.05) is 6.61 Å². The van der Waals surface area contributed by atoms with Gasteiger partial charge in [0.05, 0.1) is 6.61 Å². The van der Waals surface area contributed by atoms with Crippen LogP contribution in [-0.4, -0.2) is 12.6 Å². The maximum atomic E-state index is 11.1. The Hall–Kier alpha value is -0.790. The number of esters is 1. The molecule has 0 unspecified atom stereocenters. The molecule has 2 heteroatoms. The van der Waals surface area contributed by atoms with Crippen molar-refractivity contribution < 1.29 is 9.53 Å². The van der Waals surface area contributed by atoms with E-state index in [4.69, 9.17) is 4.74 Å². The Labute approximate surface area is 85.3 Å². The quantitative estimate of drug-likeness (QED) is 0.510. The topological polar surface area (TPSA) is 26.3 Å². The van der Waals surface area contributed by atoms with Crippen LogP contribution in [0.15, 0.2) is 12.2 Å². The molecule has 0 saturated heterocycles. The van der Waals surface area contributed by atoms with Crippen LogP contribution in [0.1, 0.15) is 32.6 Å². The summed E-state index contributed by atoms with van der Waals surface area (Å²) in [6.07, 6.45) is 9.14. The van der Waals surface area contributed by atoms with Crippen LogP contribution in [0.5, 0.6) is 0 Å². The highest BCUT2D eigenvalue weighted by atomic mass is 16.5. The summed E-state index contributed by atoms with van der Waals surface area (Å²) in [4.78, 5) is 11.1. The molecule has 2 rings (SSSR count). The Kier molecular flexibility index (Phi) is 2.90. The van der Waals surface area contributed by atoms with E-state index in [-0.39, 0.29) is 5.97 Å². The van der Waals surface area contributed by atoms with Crippen molar-refractivity contribution in [1.82, 2.24) is 0 Å². The smallest absolute Gasteiger partial charge is 0.330 e. The zero-order valence-electron chi connectivity index (χ0n) is 8.74. The molecule has 0 radical (unpaired) electrons. The van der Waals surface area contributed by atoms with Gasteiger partial charge in [-0.1, -0.05) is 12.5 Å². The van der Waals surface area contributed by atoms with Crippen molar-refractivity contribution in [1.29, 1.82) is 0 Å². The molecule has 0 aliphatic heterocycles. The van der Waals surface area contributed by atoms with Gasteiger partial charge in [-0.15, -0.1) is 0 Å². The molecule has 2 fully saturated rings. The lowest BCUT2D eigenvalue weighted by molar-refractivity contribution is -0.137. The number of allylic oxidation sites excluding steroid dienone is 1. The zero-order chi connectivity index (χ0) is 9.97. The van der Waals surface area contributed by atoms with Crippen molar-refractivity contribution in [2.24, 2.45) is 17.8 Å². The number of carbonyl (C=O) groups excluding carboxylic acids is 1. The number of hydrogen-bond acceptors (Lipinski definition) is 2. The van der Waals surface area contributed by atoms with Crippen LogP contribution in [0.25, 0.3) is 0 Å². The molecular formula is C12H18O2. The van der Waals surface area contributed by atoms with Gasteiger partial charge >= 0.3 is 5.97 Å². The molecule has 0 aromatic rings. The summed E-state index contributed by atoms with van der Waals surface area (Å²) in [7, 11) is 0. The van der Waals surface area contributed by atoms with Gasteiger partial charge in [0.1, 0.15) is 0 Å². The second-order valence-corrected chi connectivity index (χ2v) is 4.45. The lowest BCUT2D eigenvalue weighted by Gasteiger charge is -2.17. The monoisotopic (exact) mass is 194 g/mol. The Morgan fingerprint density at radius 3 is 2.86 bits per heavy atom. The molecule has 78 valence electrons. The van der Waals surface area contributed by atoms with Crippen molar-refractivity contribution in [2.45, 2.75) is 32.6 Å². The molecule has 2 bridgehead atoms. The SMILES string of the molecule is CCOC(=O)/C=C\[C@H]1C[C@@H]2CC[C@@H]1C2. The minimum Gasteiger partial charge on any atom is -0.463 e. The van der Waals surface area contributed by atoms with Crippen LogP contribution in [0.3, 0.4) is 0 Å². The molecule has 2 aliphatic rings. The van der Waals surface area contributed by atoms with Crippen LogP contribution in [0.2, 0.25) is 0 Å². The molecule has 14 heavy (non-hydrogen) atoms. The fourth-order valence-electron chi connectivity index (χ4n) is 2.92. The van der Waals surface area contributed by atoms with Gasteiger partial charge in [0.2, 0.25) is 0 Å². The highest BCUT2D eigenvalue weighted by Crippen LogP contribution is 2.48. The predicted octanol–water partition coefficient (Wildman–Crippen LogP) is 2.54. The van der Waals surface area contributed by atoms with Gasteiger partial charge in [-0.3, -0.25) is 0 Å². The number of ether oxygens (including phenoxy) is 1. The second-order valence-electron chi connectivity index (χ2n) is 4.45. The molecule has 0 amide bonds. The van der Waals surface area contributed by atoms with E-state index in [9.17, 15) is 4.79 Å². The lowest BCUT2D eigenvalue weighted by atomic mass is 9.89. The average molecular weight is 194 g/mol. The van der Waals surface area contributed by atoms with E-state index in [1.807, 2.05) is 6.92 Å². The van der Waals surface area contributed by atoms with E-state index >= 15 is 0 Å². The van der Waals surface area contributed by atoms with E-state index in [2.05, 4.69) is 6.08 Å². The second kappa shape index (κ2) is 4.16. The van der Waals surface area contributed by atoms with E-state index < -0.39 is 0 Å². The Balaban J connectivity index is 1.83. The van der Waals surface area contributed by atoms with Crippen molar-refractivity contribution in [3.05, 3.63) is 12.2 Å². The minimum absolute atomic E-state index is 0.185. The van der Waals surface area contributed by atoms with Gasteiger partial charge in [-0.2, -0.15) is 0 Å². The standard InChI is InChI=1S/C12H18O2/c1-2-14-12(13)6-5-11-8-9-3-4-10(11)7-9/h5-6,9-11H,2-4,7-8H2,1H3/b6-5-/t9-,10-,11+/m1/s1. The number of rotatable bonds is 3. The predicted molar refractivity (Wildman–Crippen MR) is 54.7 cm³/mol. The first-order valence-electron chi connectivity index (χ1n) is 5.64. The third-order valence-corrected chi connectivity index (χ3v) is 3.56. The summed E-state index contributed by atoms with van der Waals surface area (Å²) < 4.78 is 4.86. The molecule has 0 aromatic carbocycles. The van der Waals surface area contributed by atoms with Crippen LogP contribution in [0.4, 0.5) is 0 Å². The summed E-state index contributed by atoms with van der Waals surface area (Å²) in [5, 5.41) is 0. The normalized spacial score (nSPS) is 35.4. The largest absolute Gasteiger partial charge is 0.463 e.